The maximum absolute atomic E-state index is 13.4. The predicted molar refractivity (Wildman–Crippen MR) is 114 cm³/mol. The summed E-state index contributed by atoms with van der Waals surface area (Å²) in [7, 11) is 0. The van der Waals surface area contributed by atoms with Crippen molar-refractivity contribution >= 4 is 16.8 Å². The van der Waals surface area contributed by atoms with Crippen LogP contribution in [-0.4, -0.2) is 22.6 Å². The van der Waals surface area contributed by atoms with E-state index in [0.717, 1.165) is 50.3 Å². The molecule has 1 N–H and O–H groups in total. The first kappa shape index (κ1) is 17.2. The molecule has 0 fully saturated rings. The van der Waals surface area contributed by atoms with Crippen molar-refractivity contribution in [2.75, 3.05) is 6.79 Å². The number of para-hydroxylation sites is 1. The summed E-state index contributed by atoms with van der Waals surface area (Å²) < 4.78 is 11.0. The third-order valence-electron chi connectivity index (χ3n) is 6.07. The third-order valence-corrected chi connectivity index (χ3v) is 6.07. The van der Waals surface area contributed by atoms with Crippen molar-refractivity contribution in [2.24, 2.45) is 0 Å². The lowest BCUT2D eigenvalue weighted by Crippen LogP contribution is -2.28. The van der Waals surface area contributed by atoms with Crippen LogP contribution in [0.1, 0.15) is 38.8 Å². The van der Waals surface area contributed by atoms with Crippen LogP contribution >= 0.6 is 0 Å². The van der Waals surface area contributed by atoms with Gasteiger partial charge in [-0.15, -0.1) is 0 Å². The van der Waals surface area contributed by atoms with Crippen molar-refractivity contribution in [3.63, 3.8) is 0 Å². The quantitative estimate of drug-likeness (QED) is 0.533. The fourth-order valence-electron chi connectivity index (χ4n) is 4.73. The van der Waals surface area contributed by atoms with Crippen LogP contribution in [-0.2, 0) is 6.54 Å². The van der Waals surface area contributed by atoms with Gasteiger partial charge >= 0.3 is 0 Å². The first-order valence-electron chi connectivity index (χ1n) is 10.1. The Balaban J connectivity index is 1.49. The molecule has 0 saturated carbocycles. The second-order valence-electron chi connectivity index (χ2n) is 7.82. The van der Waals surface area contributed by atoms with Crippen LogP contribution in [0, 0.1) is 6.92 Å². The molecule has 0 saturated heterocycles. The number of fused-ring (bicyclic) bond motifs is 3. The molecule has 1 atom stereocenters. The molecule has 0 radical (unpaired) electrons. The van der Waals surface area contributed by atoms with E-state index in [1.165, 1.54) is 0 Å². The molecule has 4 aromatic rings. The molecule has 5 nitrogen and oxygen atoms in total. The Morgan fingerprint density at radius 1 is 1.00 bits per heavy atom. The normalized spacial score (nSPS) is 17.0. The molecule has 3 heterocycles. The number of aryl methyl sites for hydroxylation is 1. The number of amides is 1. The fourth-order valence-corrected chi connectivity index (χ4v) is 4.73. The van der Waals surface area contributed by atoms with Gasteiger partial charge in [-0.25, -0.2) is 0 Å². The van der Waals surface area contributed by atoms with Gasteiger partial charge in [0.15, 0.2) is 11.5 Å². The molecular weight excluding hydrogens is 376 g/mol. The predicted octanol–water partition coefficient (Wildman–Crippen LogP) is 4.95. The highest BCUT2D eigenvalue weighted by molar-refractivity contribution is 6.01. The fraction of sp³-hybridized carbons (Fsp3) is 0.160. The van der Waals surface area contributed by atoms with E-state index in [-0.39, 0.29) is 18.7 Å². The molecule has 5 heteroatoms. The van der Waals surface area contributed by atoms with E-state index in [0.29, 0.717) is 6.54 Å². The Morgan fingerprint density at radius 2 is 1.80 bits per heavy atom. The second-order valence-corrected chi connectivity index (χ2v) is 7.82. The Kier molecular flexibility index (Phi) is 3.65. The first-order chi connectivity index (χ1) is 14.7. The number of benzene rings is 3. The number of carbonyl (C=O) groups is 1. The van der Waals surface area contributed by atoms with Gasteiger partial charge < -0.3 is 19.4 Å². The molecule has 6 rings (SSSR count). The minimum Gasteiger partial charge on any atom is -0.454 e. The number of aromatic amines is 1. The highest BCUT2D eigenvalue weighted by Gasteiger charge is 2.39. The standard InChI is InChI=1S/C25H20N2O3/c1-15-23(19-8-4-5-9-20(19)26-15)24-17-6-2-3-7-18(17)25(28)27(24)13-16-10-11-21-22(12-16)30-14-29-21/h2-12,24,26H,13-14H2,1H3. The van der Waals surface area contributed by atoms with Crippen molar-refractivity contribution in [1.29, 1.82) is 0 Å². The van der Waals surface area contributed by atoms with Gasteiger partial charge in [-0.2, -0.15) is 0 Å². The number of hydrogen-bond acceptors (Lipinski definition) is 3. The number of ether oxygens (including phenoxy) is 2. The maximum Gasteiger partial charge on any atom is 0.255 e. The Morgan fingerprint density at radius 3 is 2.73 bits per heavy atom. The maximum atomic E-state index is 13.4. The van der Waals surface area contributed by atoms with Gasteiger partial charge in [-0.05, 0) is 42.3 Å². The Hall–Kier alpha value is -3.73. The van der Waals surface area contributed by atoms with Gasteiger partial charge in [0.25, 0.3) is 5.91 Å². The second kappa shape index (κ2) is 6.39. The van der Waals surface area contributed by atoms with Crippen LogP contribution in [0.2, 0.25) is 0 Å². The summed E-state index contributed by atoms with van der Waals surface area (Å²) >= 11 is 0. The number of hydrogen-bond donors (Lipinski definition) is 1. The number of H-pyrrole nitrogens is 1. The van der Waals surface area contributed by atoms with Gasteiger partial charge in [-0.3, -0.25) is 4.79 Å². The lowest BCUT2D eigenvalue weighted by molar-refractivity contribution is 0.0736. The molecule has 1 aromatic heterocycles. The summed E-state index contributed by atoms with van der Waals surface area (Å²) in [5.41, 5.74) is 6.17. The lowest BCUT2D eigenvalue weighted by Gasteiger charge is -2.26. The summed E-state index contributed by atoms with van der Waals surface area (Å²) in [4.78, 5) is 18.9. The molecule has 148 valence electrons. The van der Waals surface area contributed by atoms with E-state index in [4.69, 9.17) is 9.47 Å². The summed E-state index contributed by atoms with van der Waals surface area (Å²) in [6, 6.07) is 22.0. The Bertz CT molecular complexity index is 1310. The Labute approximate surface area is 173 Å². The topological polar surface area (TPSA) is 54.6 Å². The zero-order valence-electron chi connectivity index (χ0n) is 16.5. The van der Waals surface area contributed by atoms with Crippen LogP contribution < -0.4 is 9.47 Å². The number of carbonyl (C=O) groups excluding carboxylic acids is 1. The van der Waals surface area contributed by atoms with E-state index in [9.17, 15) is 4.79 Å². The van der Waals surface area contributed by atoms with Gasteiger partial charge in [0, 0.05) is 34.3 Å². The molecule has 0 bridgehead atoms. The van der Waals surface area contributed by atoms with Crippen LogP contribution in [0.4, 0.5) is 0 Å². The van der Waals surface area contributed by atoms with Crippen LogP contribution in [0.25, 0.3) is 10.9 Å². The average molecular weight is 396 g/mol. The lowest BCUT2D eigenvalue weighted by atomic mass is 9.95. The minimum atomic E-state index is -0.143. The monoisotopic (exact) mass is 396 g/mol. The molecule has 0 spiro atoms. The molecule has 2 aliphatic heterocycles. The van der Waals surface area contributed by atoms with Gasteiger partial charge in [-0.1, -0.05) is 42.5 Å². The number of nitrogens with zero attached hydrogens (tertiary/aromatic N) is 1. The molecule has 1 amide bonds. The van der Waals surface area contributed by atoms with E-state index in [1.54, 1.807) is 0 Å². The molecular formula is C25H20N2O3. The van der Waals surface area contributed by atoms with Crippen LogP contribution in [0.15, 0.2) is 66.7 Å². The number of nitrogens with one attached hydrogen (secondary N) is 1. The molecule has 0 aliphatic carbocycles. The van der Waals surface area contributed by atoms with Gasteiger partial charge in [0.05, 0.1) is 6.04 Å². The SMILES string of the molecule is Cc1[nH]c2ccccc2c1C1c2ccccc2C(=O)N1Cc1ccc2c(c1)OCO2. The first-order valence-corrected chi connectivity index (χ1v) is 10.1. The average Bonchev–Trinajstić information content (AvgIpc) is 3.43. The zero-order valence-corrected chi connectivity index (χ0v) is 16.5. The van der Waals surface area contributed by atoms with Gasteiger partial charge in [0.1, 0.15) is 0 Å². The van der Waals surface area contributed by atoms with E-state index in [1.807, 2.05) is 53.4 Å². The molecule has 30 heavy (non-hydrogen) atoms. The smallest absolute Gasteiger partial charge is 0.255 e. The van der Waals surface area contributed by atoms with E-state index >= 15 is 0 Å². The highest BCUT2D eigenvalue weighted by Crippen LogP contribution is 2.44. The van der Waals surface area contributed by atoms with Crippen LogP contribution in [0.5, 0.6) is 11.5 Å². The summed E-state index contributed by atoms with van der Waals surface area (Å²) in [6.07, 6.45) is 0. The summed E-state index contributed by atoms with van der Waals surface area (Å²) in [6.45, 7) is 2.82. The van der Waals surface area contributed by atoms with Crippen molar-refractivity contribution in [2.45, 2.75) is 19.5 Å². The largest absolute Gasteiger partial charge is 0.454 e. The van der Waals surface area contributed by atoms with E-state index in [2.05, 4.69) is 30.1 Å². The highest BCUT2D eigenvalue weighted by atomic mass is 16.7. The number of rotatable bonds is 3. The van der Waals surface area contributed by atoms with Crippen molar-refractivity contribution in [1.82, 2.24) is 9.88 Å². The van der Waals surface area contributed by atoms with Crippen LogP contribution in [0.3, 0.4) is 0 Å². The molecule has 2 aliphatic rings. The minimum absolute atomic E-state index is 0.0537. The number of aromatic nitrogens is 1. The molecule has 3 aromatic carbocycles. The zero-order chi connectivity index (χ0) is 20.2. The van der Waals surface area contributed by atoms with Crippen molar-refractivity contribution in [3.05, 3.63) is 94.7 Å². The third kappa shape index (κ3) is 2.45. The summed E-state index contributed by atoms with van der Waals surface area (Å²) in [5.74, 6) is 1.54. The van der Waals surface area contributed by atoms with Crippen molar-refractivity contribution in [3.8, 4) is 11.5 Å². The molecule has 1 unspecified atom stereocenters. The van der Waals surface area contributed by atoms with E-state index < -0.39 is 0 Å². The van der Waals surface area contributed by atoms with Crippen molar-refractivity contribution < 1.29 is 14.3 Å². The summed E-state index contributed by atoms with van der Waals surface area (Å²) in [5, 5.41) is 1.15. The van der Waals surface area contributed by atoms with Gasteiger partial charge in [0.2, 0.25) is 6.79 Å².